The highest BCUT2D eigenvalue weighted by Crippen LogP contribution is 2.16. The molecule has 1 aromatic heterocycles. The third kappa shape index (κ3) is 2.33. The number of halogens is 3. The number of nitrogens with zero attached hydrogens (tertiary/aromatic N) is 2. The summed E-state index contributed by atoms with van der Waals surface area (Å²) in [6.07, 6.45) is 1.46. The van der Waals surface area contributed by atoms with Gasteiger partial charge in [-0.3, -0.25) is 0 Å². The molecule has 0 saturated heterocycles. The Kier molecular flexibility index (Phi) is 3.10. The summed E-state index contributed by atoms with van der Waals surface area (Å²) in [6.45, 7) is 0. The van der Waals surface area contributed by atoms with Crippen molar-refractivity contribution >= 4 is 11.6 Å². The highest BCUT2D eigenvalue weighted by atomic mass is 35.5. The van der Waals surface area contributed by atoms with Crippen LogP contribution in [-0.4, -0.2) is 9.97 Å². The van der Waals surface area contributed by atoms with Crippen molar-refractivity contribution < 1.29 is 8.78 Å². The summed E-state index contributed by atoms with van der Waals surface area (Å²) < 4.78 is 26.1. The highest BCUT2D eigenvalue weighted by molar-refractivity contribution is 6.29. The van der Waals surface area contributed by atoms with Crippen molar-refractivity contribution in [3.63, 3.8) is 0 Å². The van der Waals surface area contributed by atoms with Gasteiger partial charge in [-0.2, -0.15) is 0 Å². The summed E-state index contributed by atoms with van der Waals surface area (Å²) >= 11 is 5.52. The van der Waals surface area contributed by atoms with Gasteiger partial charge in [-0.15, -0.1) is 0 Å². The molecular weight excluding hydrogens is 234 g/mol. The topological polar surface area (TPSA) is 25.8 Å². The van der Waals surface area contributed by atoms with E-state index in [0.717, 1.165) is 5.56 Å². The van der Waals surface area contributed by atoms with Gasteiger partial charge in [-0.1, -0.05) is 23.7 Å². The number of hydrogen-bond donors (Lipinski definition) is 0. The van der Waals surface area contributed by atoms with Crippen LogP contribution in [0.15, 0.2) is 30.6 Å². The highest BCUT2D eigenvalue weighted by Gasteiger charge is 2.09. The smallest absolute Gasteiger partial charge is 0.182 e. The van der Waals surface area contributed by atoms with Crippen LogP contribution in [0.2, 0.25) is 5.15 Å². The lowest BCUT2D eigenvalue weighted by atomic mass is 10.1. The Labute approximate surface area is 95.9 Å². The van der Waals surface area contributed by atoms with Crippen LogP contribution < -0.4 is 0 Å². The zero-order valence-electron chi connectivity index (χ0n) is 8.12. The first-order valence-electron chi connectivity index (χ1n) is 4.56. The Morgan fingerprint density at radius 3 is 2.44 bits per heavy atom. The van der Waals surface area contributed by atoms with E-state index < -0.39 is 5.82 Å². The average Bonchev–Trinajstić information content (AvgIpc) is 2.28. The molecule has 0 unspecified atom stereocenters. The molecule has 1 aromatic carbocycles. The van der Waals surface area contributed by atoms with E-state index in [1.807, 2.05) is 0 Å². The lowest BCUT2D eigenvalue weighted by Crippen LogP contribution is -1.99. The molecule has 2 nitrogen and oxygen atoms in total. The van der Waals surface area contributed by atoms with Gasteiger partial charge in [0.1, 0.15) is 12.1 Å². The molecule has 16 heavy (non-hydrogen) atoms. The van der Waals surface area contributed by atoms with E-state index in [-0.39, 0.29) is 23.1 Å². The largest absolute Gasteiger partial charge is 0.238 e. The Morgan fingerprint density at radius 2 is 1.75 bits per heavy atom. The quantitative estimate of drug-likeness (QED) is 0.754. The molecule has 2 aromatic rings. The minimum atomic E-state index is -0.631. The fraction of sp³-hybridized carbons (Fsp3) is 0.0909. The second kappa shape index (κ2) is 4.53. The molecule has 0 N–H and O–H groups in total. The molecule has 0 amide bonds. The molecule has 0 aliphatic rings. The van der Waals surface area contributed by atoms with Gasteiger partial charge in [-0.05, 0) is 17.7 Å². The van der Waals surface area contributed by atoms with Crippen LogP contribution in [0.3, 0.4) is 0 Å². The summed E-state index contributed by atoms with van der Waals surface area (Å²) in [7, 11) is 0. The van der Waals surface area contributed by atoms with E-state index in [1.54, 1.807) is 12.1 Å². The van der Waals surface area contributed by atoms with Gasteiger partial charge in [0.25, 0.3) is 0 Å². The van der Waals surface area contributed by atoms with E-state index in [2.05, 4.69) is 9.97 Å². The number of hydrogen-bond acceptors (Lipinski definition) is 2. The van der Waals surface area contributed by atoms with Gasteiger partial charge in [-0.25, -0.2) is 18.7 Å². The van der Waals surface area contributed by atoms with Crippen molar-refractivity contribution in [2.45, 2.75) is 6.42 Å². The van der Waals surface area contributed by atoms with Crippen LogP contribution in [0.25, 0.3) is 0 Å². The van der Waals surface area contributed by atoms with Crippen LogP contribution in [0.4, 0.5) is 8.78 Å². The summed E-state index contributed by atoms with van der Waals surface area (Å²) in [5.74, 6) is -0.960. The lowest BCUT2D eigenvalue weighted by molar-refractivity contribution is 0.595. The normalized spacial score (nSPS) is 10.4. The minimum absolute atomic E-state index is 0.201. The molecule has 0 aliphatic heterocycles. The van der Waals surface area contributed by atoms with E-state index >= 15 is 0 Å². The predicted octanol–water partition coefficient (Wildman–Crippen LogP) is 3.00. The molecule has 0 spiro atoms. The van der Waals surface area contributed by atoms with E-state index in [0.29, 0.717) is 0 Å². The lowest BCUT2D eigenvalue weighted by Gasteiger charge is -2.02. The molecule has 0 bridgehead atoms. The molecule has 0 saturated carbocycles. The van der Waals surface area contributed by atoms with Gasteiger partial charge in [0.05, 0.1) is 5.69 Å². The molecule has 5 heteroatoms. The maximum Gasteiger partial charge on any atom is 0.182 e. The van der Waals surface area contributed by atoms with Crippen LogP contribution >= 0.6 is 11.6 Å². The van der Waals surface area contributed by atoms with E-state index in [1.165, 1.54) is 18.5 Å². The van der Waals surface area contributed by atoms with E-state index in [9.17, 15) is 8.78 Å². The zero-order valence-corrected chi connectivity index (χ0v) is 8.88. The van der Waals surface area contributed by atoms with Gasteiger partial charge in [0, 0.05) is 6.42 Å². The summed E-state index contributed by atoms with van der Waals surface area (Å²) in [6, 6.07) is 5.78. The van der Waals surface area contributed by atoms with Crippen molar-refractivity contribution in [3.8, 4) is 0 Å². The van der Waals surface area contributed by atoms with Gasteiger partial charge >= 0.3 is 0 Å². The Hall–Kier alpha value is -1.55. The van der Waals surface area contributed by atoms with Crippen molar-refractivity contribution in [3.05, 3.63) is 58.6 Å². The number of rotatable bonds is 2. The monoisotopic (exact) mass is 240 g/mol. The van der Waals surface area contributed by atoms with Crippen molar-refractivity contribution in [2.75, 3.05) is 0 Å². The van der Waals surface area contributed by atoms with Crippen LogP contribution in [-0.2, 0) is 6.42 Å². The Bertz CT molecular complexity index is 500. The molecule has 0 radical (unpaired) electrons. The summed E-state index contributed by atoms with van der Waals surface area (Å²) in [5, 5.41) is -0.202. The third-order valence-corrected chi connectivity index (χ3v) is 2.37. The van der Waals surface area contributed by atoms with Crippen LogP contribution in [0, 0.1) is 11.6 Å². The van der Waals surface area contributed by atoms with E-state index in [4.69, 9.17) is 11.6 Å². The minimum Gasteiger partial charge on any atom is -0.238 e. The molecule has 1 heterocycles. The van der Waals surface area contributed by atoms with Crippen molar-refractivity contribution in [2.24, 2.45) is 0 Å². The standard InChI is InChI=1S/C11H7ClF2N2/c12-11-10(14)9(15-6-16-11)5-7-1-3-8(13)4-2-7/h1-4,6H,5H2. The summed E-state index contributed by atoms with van der Waals surface area (Å²) in [5.41, 5.74) is 0.960. The number of aromatic nitrogens is 2. The third-order valence-electron chi connectivity index (χ3n) is 2.10. The van der Waals surface area contributed by atoms with Crippen LogP contribution in [0.5, 0.6) is 0 Å². The molecule has 0 aliphatic carbocycles. The van der Waals surface area contributed by atoms with Crippen LogP contribution in [0.1, 0.15) is 11.3 Å². The average molecular weight is 241 g/mol. The number of benzene rings is 1. The fourth-order valence-electron chi connectivity index (χ4n) is 1.30. The summed E-state index contributed by atoms with van der Waals surface area (Å²) in [4.78, 5) is 7.31. The Morgan fingerprint density at radius 1 is 1.06 bits per heavy atom. The van der Waals surface area contributed by atoms with Crippen molar-refractivity contribution in [1.82, 2.24) is 9.97 Å². The Balaban J connectivity index is 2.27. The fourth-order valence-corrected chi connectivity index (χ4v) is 1.45. The molecular formula is C11H7ClF2N2. The SMILES string of the molecule is Fc1ccc(Cc2ncnc(Cl)c2F)cc1. The molecule has 0 fully saturated rings. The van der Waals surface area contributed by atoms with Gasteiger partial charge < -0.3 is 0 Å². The van der Waals surface area contributed by atoms with Gasteiger partial charge in [0.15, 0.2) is 11.0 Å². The second-order valence-electron chi connectivity index (χ2n) is 3.23. The maximum atomic E-state index is 13.4. The first-order chi connectivity index (χ1) is 7.66. The zero-order chi connectivity index (χ0) is 11.5. The second-order valence-corrected chi connectivity index (χ2v) is 3.59. The first kappa shape index (κ1) is 11.0. The molecule has 82 valence electrons. The predicted molar refractivity (Wildman–Crippen MR) is 56.2 cm³/mol. The molecule has 0 atom stereocenters. The molecule has 2 rings (SSSR count). The van der Waals surface area contributed by atoms with Gasteiger partial charge in [0.2, 0.25) is 0 Å². The van der Waals surface area contributed by atoms with Crippen molar-refractivity contribution in [1.29, 1.82) is 0 Å². The first-order valence-corrected chi connectivity index (χ1v) is 4.94. The maximum absolute atomic E-state index is 13.4.